The molecule has 1 aliphatic carbocycles. The summed E-state index contributed by atoms with van der Waals surface area (Å²) in [5.74, 6) is 1.41. The Hall–Kier alpha value is -0.0800. The molecule has 2 heteroatoms. The van der Waals surface area contributed by atoms with Gasteiger partial charge < -0.3 is 10.5 Å². The van der Waals surface area contributed by atoms with E-state index in [1.807, 2.05) is 0 Å². The summed E-state index contributed by atoms with van der Waals surface area (Å²) in [6.07, 6.45) is 2.74. The Bertz CT molecular complexity index is 91.3. The first-order valence-electron chi connectivity index (χ1n) is 4.10. The SMILES string of the molecule is C[C@H](CN)COCC1CC1. The first-order valence-corrected chi connectivity index (χ1v) is 4.10. The molecule has 0 aromatic rings. The summed E-state index contributed by atoms with van der Waals surface area (Å²) < 4.78 is 5.43. The third-order valence-corrected chi connectivity index (χ3v) is 1.86. The van der Waals surface area contributed by atoms with Crippen molar-refractivity contribution in [3.63, 3.8) is 0 Å². The lowest BCUT2D eigenvalue weighted by Crippen LogP contribution is -2.17. The van der Waals surface area contributed by atoms with Gasteiger partial charge in [0.05, 0.1) is 6.61 Å². The van der Waals surface area contributed by atoms with Gasteiger partial charge in [-0.2, -0.15) is 0 Å². The lowest BCUT2D eigenvalue weighted by atomic mass is 10.2. The first-order chi connectivity index (χ1) is 4.83. The molecule has 0 saturated heterocycles. The van der Waals surface area contributed by atoms with Gasteiger partial charge in [-0.05, 0) is 31.2 Å². The van der Waals surface area contributed by atoms with Crippen molar-refractivity contribution in [1.82, 2.24) is 0 Å². The van der Waals surface area contributed by atoms with E-state index in [1.165, 1.54) is 12.8 Å². The number of hydrogen-bond acceptors (Lipinski definition) is 2. The third kappa shape index (κ3) is 3.18. The van der Waals surface area contributed by atoms with Gasteiger partial charge in [-0.25, -0.2) is 0 Å². The summed E-state index contributed by atoms with van der Waals surface area (Å²) in [5.41, 5.74) is 5.42. The van der Waals surface area contributed by atoms with Crippen LogP contribution in [0.2, 0.25) is 0 Å². The molecule has 0 bridgehead atoms. The van der Waals surface area contributed by atoms with Gasteiger partial charge in [-0.1, -0.05) is 6.92 Å². The quantitative estimate of drug-likeness (QED) is 0.623. The van der Waals surface area contributed by atoms with E-state index in [-0.39, 0.29) is 0 Å². The average molecular weight is 143 g/mol. The summed E-state index contributed by atoms with van der Waals surface area (Å²) in [6, 6.07) is 0. The summed E-state index contributed by atoms with van der Waals surface area (Å²) in [6.45, 7) is 4.66. The Labute approximate surface area is 62.7 Å². The van der Waals surface area contributed by atoms with Crippen molar-refractivity contribution in [3.8, 4) is 0 Å². The molecule has 2 nitrogen and oxygen atoms in total. The van der Waals surface area contributed by atoms with Crippen LogP contribution in [0.4, 0.5) is 0 Å². The van der Waals surface area contributed by atoms with E-state index in [0.717, 1.165) is 25.7 Å². The van der Waals surface area contributed by atoms with Crippen molar-refractivity contribution in [2.24, 2.45) is 17.6 Å². The minimum absolute atomic E-state index is 0.527. The van der Waals surface area contributed by atoms with E-state index in [2.05, 4.69) is 6.92 Å². The molecule has 0 amide bonds. The summed E-state index contributed by atoms with van der Waals surface area (Å²) >= 11 is 0. The molecule has 0 aliphatic heterocycles. The van der Waals surface area contributed by atoms with Crippen molar-refractivity contribution >= 4 is 0 Å². The fourth-order valence-electron chi connectivity index (χ4n) is 0.788. The largest absolute Gasteiger partial charge is 0.381 e. The highest BCUT2D eigenvalue weighted by atomic mass is 16.5. The molecule has 0 heterocycles. The highest BCUT2D eigenvalue weighted by Gasteiger charge is 2.21. The van der Waals surface area contributed by atoms with Crippen LogP contribution in [0, 0.1) is 11.8 Å². The zero-order valence-corrected chi connectivity index (χ0v) is 6.68. The molecule has 0 aromatic heterocycles. The number of nitrogens with two attached hydrogens (primary N) is 1. The zero-order chi connectivity index (χ0) is 7.40. The number of rotatable bonds is 5. The van der Waals surface area contributed by atoms with Crippen LogP contribution < -0.4 is 5.73 Å². The van der Waals surface area contributed by atoms with E-state index < -0.39 is 0 Å². The van der Waals surface area contributed by atoms with E-state index in [0.29, 0.717) is 5.92 Å². The second-order valence-electron chi connectivity index (χ2n) is 3.32. The van der Waals surface area contributed by atoms with E-state index in [4.69, 9.17) is 10.5 Å². The van der Waals surface area contributed by atoms with Gasteiger partial charge in [-0.3, -0.25) is 0 Å². The van der Waals surface area contributed by atoms with Crippen molar-refractivity contribution in [3.05, 3.63) is 0 Å². The molecule has 0 aromatic carbocycles. The smallest absolute Gasteiger partial charge is 0.0503 e. The standard InChI is InChI=1S/C8H17NO/c1-7(4-9)5-10-6-8-2-3-8/h7-8H,2-6,9H2,1H3/t7-/m1/s1. The van der Waals surface area contributed by atoms with Crippen molar-refractivity contribution in [2.45, 2.75) is 19.8 Å². The molecule has 1 aliphatic rings. The van der Waals surface area contributed by atoms with Crippen molar-refractivity contribution in [1.29, 1.82) is 0 Å². The number of hydrogen-bond donors (Lipinski definition) is 1. The fraction of sp³-hybridized carbons (Fsp3) is 1.00. The molecule has 2 N–H and O–H groups in total. The Morgan fingerprint density at radius 3 is 2.80 bits per heavy atom. The Morgan fingerprint density at radius 1 is 1.60 bits per heavy atom. The molecule has 1 atom stereocenters. The van der Waals surface area contributed by atoms with Crippen LogP contribution in [0.3, 0.4) is 0 Å². The molecule has 0 spiro atoms. The molecular formula is C8H17NO. The van der Waals surface area contributed by atoms with Gasteiger partial charge in [0.1, 0.15) is 0 Å². The van der Waals surface area contributed by atoms with Crippen LogP contribution in [-0.2, 0) is 4.74 Å². The maximum Gasteiger partial charge on any atom is 0.0503 e. The van der Waals surface area contributed by atoms with Crippen molar-refractivity contribution < 1.29 is 4.74 Å². The molecule has 0 radical (unpaired) electrons. The van der Waals surface area contributed by atoms with Gasteiger partial charge >= 0.3 is 0 Å². The van der Waals surface area contributed by atoms with Crippen LogP contribution in [0.1, 0.15) is 19.8 Å². The summed E-state index contributed by atoms with van der Waals surface area (Å²) in [5, 5.41) is 0. The van der Waals surface area contributed by atoms with Crippen LogP contribution >= 0.6 is 0 Å². The van der Waals surface area contributed by atoms with Gasteiger partial charge in [-0.15, -0.1) is 0 Å². The average Bonchev–Trinajstić information content (AvgIpc) is 2.71. The van der Waals surface area contributed by atoms with Gasteiger partial charge in [0.2, 0.25) is 0 Å². The lowest BCUT2D eigenvalue weighted by Gasteiger charge is -2.07. The summed E-state index contributed by atoms with van der Waals surface area (Å²) in [4.78, 5) is 0. The molecule has 10 heavy (non-hydrogen) atoms. The Balaban J connectivity index is 1.83. The third-order valence-electron chi connectivity index (χ3n) is 1.86. The minimum Gasteiger partial charge on any atom is -0.381 e. The maximum absolute atomic E-state index is 5.43. The Morgan fingerprint density at radius 2 is 2.30 bits per heavy atom. The van der Waals surface area contributed by atoms with Crippen molar-refractivity contribution in [2.75, 3.05) is 19.8 Å². The molecule has 0 unspecified atom stereocenters. The normalized spacial score (nSPS) is 21.0. The lowest BCUT2D eigenvalue weighted by molar-refractivity contribution is 0.0985. The fourth-order valence-corrected chi connectivity index (χ4v) is 0.788. The van der Waals surface area contributed by atoms with E-state index >= 15 is 0 Å². The summed E-state index contributed by atoms with van der Waals surface area (Å²) in [7, 11) is 0. The van der Waals surface area contributed by atoms with Gasteiger partial charge in [0.15, 0.2) is 0 Å². The van der Waals surface area contributed by atoms with Crippen LogP contribution in [0.5, 0.6) is 0 Å². The van der Waals surface area contributed by atoms with Gasteiger partial charge in [0.25, 0.3) is 0 Å². The van der Waals surface area contributed by atoms with E-state index in [1.54, 1.807) is 0 Å². The topological polar surface area (TPSA) is 35.2 Å². The monoisotopic (exact) mass is 143 g/mol. The second-order valence-corrected chi connectivity index (χ2v) is 3.32. The molecule has 1 saturated carbocycles. The minimum atomic E-state index is 0.527. The predicted molar refractivity (Wildman–Crippen MR) is 41.8 cm³/mol. The second kappa shape index (κ2) is 3.94. The Kier molecular flexibility index (Phi) is 3.16. The molecular weight excluding hydrogens is 126 g/mol. The molecule has 1 fully saturated rings. The maximum atomic E-state index is 5.43. The predicted octanol–water partition coefficient (Wildman–Crippen LogP) is 1.01. The first kappa shape index (κ1) is 8.02. The molecule has 1 rings (SSSR count). The molecule has 60 valence electrons. The van der Waals surface area contributed by atoms with Crippen LogP contribution in [0.25, 0.3) is 0 Å². The van der Waals surface area contributed by atoms with Crippen LogP contribution in [0.15, 0.2) is 0 Å². The van der Waals surface area contributed by atoms with Gasteiger partial charge in [0, 0.05) is 6.61 Å². The zero-order valence-electron chi connectivity index (χ0n) is 6.68. The highest BCUT2D eigenvalue weighted by molar-refractivity contribution is 4.72. The highest BCUT2D eigenvalue weighted by Crippen LogP contribution is 2.28. The number of ether oxygens (including phenoxy) is 1. The van der Waals surface area contributed by atoms with E-state index in [9.17, 15) is 0 Å². The van der Waals surface area contributed by atoms with Crippen LogP contribution in [-0.4, -0.2) is 19.8 Å².